The number of ether oxygens (including phenoxy) is 2. The van der Waals surface area contributed by atoms with Gasteiger partial charge in [0.25, 0.3) is 5.91 Å². The first-order valence-electron chi connectivity index (χ1n) is 22.0. The second-order valence-corrected chi connectivity index (χ2v) is 18.6. The fraction of sp³-hybridized carbons (Fsp3) is 0.578. The molecule has 0 aliphatic rings. The van der Waals surface area contributed by atoms with Crippen molar-refractivity contribution in [3.63, 3.8) is 0 Å². The number of nitrogens with one attached hydrogen (secondary N) is 2. The number of nitrogens with zero attached hydrogens (tertiary/aromatic N) is 13. The predicted molar refractivity (Wildman–Crippen MR) is 283 cm³/mol. The van der Waals surface area contributed by atoms with E-state index in [1.807, 2.05) is 108 Å². The van der Waals surface area contributed by atoms with Crippen LogP contribution in [-0.4, -0.2) is 142 Å². The number of carboxylic acids is 1. The third kappa shape index (κ3) is 26.3. The molecule has 5 aromatic heterocycles. The summed E-state index contributed by atoms with van der Waals surface area (Å²) in [5, 5.41) is 34.8. The zero-order chi connectivity index (χ0) is 55.7. The Hall–Kier alpha value is -5.86. The van der Waals surface area contributed by atoms with Crippen molar-refractivity contribution in [1.82, 2.24) is 69.3 Å². The molecule has 5 N–H and O–H groups in total. The number of hydrogen-bond donors (Lipinski definition) is 5. The van der Waals surface area contributed by atoms with Crippen LogP contribution in [0.3, 0.4) is 0 Å². The molecule has 0 bridgehead atoms. The predicted octanol–water partition coefficient (Wildman–Crippen LogP) is 5.67. The normalized spacial score (nSPS) is 10.2. The first-order valence-corrected chi connectivity index (χ1v) is 23.2. The molecule has 0 fully saturated rings. The maximum atomic E-state index is 11.9. The summed E-state index contributed by atoms with van der Waals surface area (Å²) in [7, 11) is 21.8. The Bertz CT molecular complexity index is 2430. The molecule has 0 spiro atoms. The number of carbonyl (C=O) groups is 4. The van der Waals surface area contributed by atoms with Crippen molar-refractivity contribution >= 4 is 60.4 Å². The van der Waals surface area contributed by atoms with Gasteiger partial charge in [0, 0.05) is 62.9 Å². The van der Waals surface area contributed by atoms with Gasteiger partial charge < -0.3 is 40.7 Å². The molecule has 0 atom stereocenters. The number of hydrogen-bond acceptors (Lipinski definition) is 15. The number of rotatable bonds is 8. The summed E-state index contributed by atoms with van der Waals surface area (Å²) in [6.45, 7) is 22.4. The van der Waals surface area contributed by atoms with Gasteiger partial charge in [-0.1, -0.05) is 0 Å². The van der Waals surface area contributed by atoms with E-state index in [9.17, 15) is 19.2 Å². The Morgan fingerprint density at radius 3 is 1.34 bits per heavy atom. The Kier molecular flexibility index (Phi) is 30.5. The number of aromatic carboxylic acids is 1. The summed E-state index contributed by atoms with van der Waals surface area (Å²) in [5.41, 5.74) is 12.0. The van der Waals surface area contributed by atoms with E-state index in [4.69, 9.17) is 14.6 Å². The number of thiol groups is 1. The third-order valence-corrected chi connectivity index (χ3v) is 9.73. The van der Waals surface area contributed by atoms with Gasteiger partial charge in [-0.25, -0.2) is 14.4 Å². The minimum atomic E-state index is -0.942. The molecule has 0 aliphatic carbocycles. The summed E-state index contributed by atoms with van der Waals surface area (Å²) in [5.74, 6) is -1.05. The van der Waals surface area contributed by atoms with E-state index in [0.29, 0.717) is 18.8 Å². The van der Waals surface area contributed by atoms with Crippen molar-refractivity contribution in [3.05, 3.63) is 85.7 Å². The molecule has 0 unspecified atom stereocenters. The van der Waals surface area contributed by atoms with Gasteiger partial charge in [0.2, 0.25) is 0 Å². The second-order valence-electron chi connectivity index (χ2n) is 17.6. The summed E-state index contributed by atoms with van der Waals surface area (Å²) >= 11 is 6.67. The third-order valence-electron chi connectivity index (χ3n) is 8.70. The monoisotopic (exact) mass is 1080 g/mol. The molecule has 26 heteroatoms. The van der Waals surface area contributed by atoms with Crippen LogP contribution < -0.4 is 16.4 Å². The molecule has 23 nitrogen and oxygen atoms in total. The molecule has 3 amide bonds. The SMILES string of the molecule is CN.CNC(=O)c1cc(C)nn1C.CNCc1cc(C)nn1C.Cc1cc(C(=O)O)n(C)n1.Cc1cc(CN(C)C(=O)OC(C)(C)C)n(C)n1.Cc1nn(C)c(CN(C)C(=O)OC(C)(C)C)c1Br.[B]=NS. The van der Waals surface area contributed by atoms with Crippen LogP contribution in [0.4, 0.5) is 9.59 Å². The van der Waals surface area contributed by atoms with E-state index >= 15 is 0 Å². The van der Waals surface area contributed by atoms with E-state index in [2.05, 4.69) is 88.6 Å². The van der Waals surface area contributed by atoms with Crippen LogP contribution in [0.15, 0.2) is 33.0 Å². The molecule has 5 aromatic rings. The zero-order valence-corrected chi connectivity index (χ0v) is 48.1. The second kappa shape index (κ2) is 32.2. The molecule has 0 aliphatic heterocycles. The Morgan fingerprint density at radius 1 is 0.690 bits per heavy atom. The fourth-order valence-electron chi connectivity index (χ4n) is 5.71. The van der Waals surface area contributed by atoms with Crippen molar-refractivity contribution < 1.29 is 33.8 Å². The Balaban J connectivity index is 0. The standard InChI is InChI=1S/C12H20BrN3O2.C12H21N3O2.C7H11N3O.C7H13N3.C6H8N2O2.CH5N.BHNS/c1-8-10(13)9(16(6)14-8)7-15(5)11(17)18-12(2,3)4;1-9-7-10(15(6)13-9)8-14(5)11(16)17-12(2,3)4;1-5-4-6(7(11)8-2)10(3)9-5;1-6-4-7(5-8-2)10(3)9-6;1-4-3-5(6(9)10)8(2)7-4;1-2;1-2-3/h7H2,1-6H3;7H,8H2,1-6H3;4H,1-3H3,(H,8,11);4,8H,5H2,1-3H3;3H,1-2H3,(H,9,10);2H2,1H3;3H. The van der Waals surface area contributed by atoms with E-state index in [1.165, 1.54) is 28.4 Å². The van der Waals surface area contributed by atoms with Crippen molar-refractivity contribution in [2.75, 3.05) is 35.2 Å². The molecule has 1 radical (unpaired) electrons. The zero-order valence-electron chi connectivity index (χ0n) is 45.6. The number of aromatic nitrogens is 10. The molecule has 5 rings (SSSR count). The van der Waals surface area contributed by atoms with Gasteiger partial charge in [-0.05, 0) is 130 Å². The molecular weight excluding hydrogens is 999 g/mol. The first kappa shape index (κ1) is 67.2. The van der Waals surface area contributed by atoms with Crippen LogP contribution in [0.1, 0.15) is 108 Å². The summed E-state index contributed by atoms with van der Waals surface area (Å²) in [4.78, 5) is 48.1. The van der Waals surface area contributed by atoms with Crippen molar-refractivity contribution in [2.24, 2.45) is 45.3 Å². The van der Waals surface area contributed by atoms with E-state index in [0.717, 1.165) is 50.9 Å². The Morgan fingerprint density at radius 2 is 1.06 bits per heavy atom. The molecule has 5 heterocycles. The van der Waals surface area contributed by atoms with Crippen LogP contribution in [0, 0.1) is 34.6 Å². The molecular formula is C45H79BBrN16O7S. The van der Waals surface area contributed by atoms with Gasteiger partial charge in [-0.15, -0.1) is 0 Å². The Labute approximate surface area is 435 Å². The molecule has 0 aromatic carbocycles. The summed E-state index contributed by atoms with van der Waals surface area (Å²) in [6.07, 6.45) is -0.662. The molecule has 397 valence electrons. The number of carboxylic acid groups (broad SMARTS) is 1. The van der Waals surface area contributed by atoms with Gasteiger partial charge >= 0.3 is 42.9 Å². The minimum absolute atomic E-state index is 0.104. The van der Waals surface area contributed by atoms with Crippen molar-refractivity contribution in [3.8, 4) is 0 Å². The first-order chi connectivity index (χ1) is 32.7. The number of aryl methyl sites for hydroxylation is 10. The van der Waals surface area contributed by atoms with E-state index in [1.54, 1.807) is 67.2 Å². The van der Waals surface area contributed by atoms with Gasteiger partial charge in [0.05, 0.1) is 63.1 Å². The fourth-order valence-corrected chi connectivity index (χ4v) is 6.17. The summed E-state index contributed by atoms with van der Waals surface area (Å²) in [6, 6.07) is 7.32. The van der Waals surface area contributed by atoms with Gasteiger partial charge in [0.15, 0.2) is 0 Å². The van der Waals surface area contributed by atoms with Crippen molar-refractivity contribution in [2.45, 2.75) is 107 Å². The molecule has 71 heavy (non-hydrogen) atoms. The number of nitrogens with two attached hydrogens (primary N) is 1. The van der Waals surface area contributed by atoms with Crippen LogP contribution in [0.2, 0.25) is 0 Å². The van der Waals surface area contributed by atoms with Gasteiger partial charge in [-0.2, -0.15) is 25.5 Å². The average molecular weight is 1080 g/mol. The van der Waals surface area contributed by atoms with E-state index in [-0.39, 0.29) is 23.8 Å². The van der Waals surface area contributed by atoms with Gasteiger partial charge in [0.1, 0.15) is 22.6 Å². The maximum absolute atomic E-state index is 11.9. The van der Waals surface area contributed by atoms with Crippen LogP contribution in [-0.2, 0) is 64.3 Å². The summed E-state index contributed by atoms with van der Waals surface area (Å²) < 4.78 is 22.5. The van der Waals surface area contributed by atoms with Crippen LogP contribution in [0.5, 0.6) is 0 Å². The van der Waals surface area contributed by atoms with Crippen molar-refractivity contribution in [1.29, 1.82) is 0 Å². The van der Waals surface area contributed by atoms with E-state index < -0.39 is 17.2 Å². The molecule has 0 saturated heterocycles. The van der Waals surface area contributed by atoms with Crippen LogP contribution >= 0.6 is 28.7 Å². The quantitative estimate of drug-likeness (QED) is 0.0926. The number of amides is 3. The number of carbonyl (C=O) groups excluding carboxylic acids is 3. The number of halogens is 1. The topological polar surface area (TPSA) is 265 Å². The average Bonchev–Trinajstić information content (AvgIpc) is 4.03. The van der Waals surface area contributed by atoms with Gasteiger partial charge in [-0.3, -0.25) is 28.2 Å². The molecule has 0 saturated carbocycles. The van der Waals surface area contributed by atoms with Crippen LogP contribution in [0.25, 0.3) is 0 Å².